The van der Waals surface area contributed by atoms with Crippen LogP contribution in [0.5, 0.6) is 0 Å². The molecule has 17 rings (SSSR count). The Morgan fingerprint density at radius 1 is 0.114 bits per heavy atom. The van der Waals surface area contributed by atoms with E-state index in [1.54, 1.807) is 0 Å². The summed E-state index contributed by atoms with van der Waals surface area (Å²) in [5.74, 6) is 0. The highest BCUT2D eigenvalue weighted by molar-refractivity contribution is 6.38. The first-order valence-electron chi connectivity index (χ1n) is 30.6. The van der Waals surface area contributed by atoms with E-state index >= 15 is 0 Å². The molecule has 0 radical (unpaired) electrons. The second-order valence-corrected chi connectivity index (χ2v) is 23.2. The van der Waals surface area contributed by atoms with Gasteiger partial charge < -0.3 is 0 Å². The molecule has 0 fully saturated rings. The molecule has 16 aromatic rings. The van der Waals surface area contributed by atoms with E-state index in [2.05, 4.69) is 340 Å². The number of rotatable bonds is 10. The van der Waals surface area contributed by atoms with Crippen LogP contribution in [0.4, 0.5) is 0 Å². The van der Waals surface area contributed by atoms with Gasteiger partial charge in [0.25, 0.3) is 0 Å². The molecule has 0 aromatic heterocycles. The molecule has 1 aliphatic rings. The average Bonchev–Trinajstić information content (AvgIpc) is 1.40. The van der Waals surface area contributed by atoms with Crippen LogP contribution < -0.4 is 0 Å². The van der Waals surface area contributed by atoms with E-state index in [0.29, 0.717) is 0 Å². The summed E-state index contributed by atoms with van der Waals surface area (Å²) >= 11 is 0. The lowest BCUT2D eigenvalue weighted by molar-refractivity contribution is 1.58. The standard InChI is InChI=1S/C88H56/c1-11-31-57(32-12-1)67-51-72-71-55-70(60-37-17-4-18-38-60)78(61-39-19-5-20-40-61)79(62-41-21-6-22-42-62)73(71)56-77-84(72)76(52-67)85-82(65-47-27-9-28-48-65)87-80(63-43-23-7-24-44-63)74-53-68(58-33-13-2-14-34-58)69(59-35-15-3-16-36-59)54-75(74)81(64-45-25-8-26-46-64)88(87)83(86(77)85)66-49-29-10-30-50-66/h1-56H. The average molecular weight is 1110 g/mol. The Hall–Kier alpha value is -11.4. The van der Waals surface area contributed by atoms with Gasteiger partial charge in [0.2, 0.25) is 0 Å². The summed E-state index contributed by atoms with van der Waals surface area (Å²) in [5.41, 5.74) is 28.8. The van der Waals surface area contributed by atoms with Gasteiger partial charge in [-0.1, -0.05) is 303 Å². The molecule has 0 saturated carbocycles. The van der Waals surface area contributed by atoms with Gasteiger partial charge in [-0.3, -0.25) is 0 Å². The molecule has 0 bridgehead atoms. The van der Waals surface area contributed by atoms with E-state index in [0.717, 1.165) is 5.56 Å². The molecule has 0 spiro atoms. The Bertz CT molecular complexity index is 5320. The zero-order valence-corrected chi connectivity index (χ0v) is 48.3. The van der Waals surface area contributed by atoms with Gasteiger partial charge >= 0.3 is 0 Å². The van der Waals surface area contributed by atoms with Crippen molar-refractivity contribution in [2.24, 2.45) is 0 Å². The third-order valence-corrected chi connectivity index (χ3v) is 18.3. The molecule has 0 nitrogen and oxygen atoms in total. The molecular formula is C88H56. The third-order valence-electron chi connectivity index (χ3n) is 18.3. The zero-order chi connectivity index (χ0) is 58.1. The maximum absolute atomic E-state index is 2.60. The van der Waals surface area contributed by atoms with Gasteiger partial charge in [0.05, 0.1) is 0 Å². The summed E-state index contributed by atoms with van der Waals surface area (Å²) in [6.07, 6.45) is 0. The van der Waals surface area contributed by atoms with E-state index in [1.807, 2.05) is 0 Å². The molecule has 0 aliphatic heterocycles. The third kappa shape index (κ3) is 8.29. The second kappa shape index (κ2) is 21.3. The van der Waals surface area contributed by atoms with Crippen molar-refractivity contribution < 1.29 is 0 Å². The first-order chi connectivity index (χ1) is 43.7. The molecule has 0 amide bonds. The van der Waals surface area contributed by atoms with Gasteiger partial charge in [0.15, 0.2) is 0 Å². The number of benzene rings is 16. The van der Waals surface area contributed by atoms with Gasteiger partial charge in [0, 0.05) is 0 Å². The maximum Gasteiger partial charge on any atom is -0.000116 e. The van der Waals surface area contributed by atoms with Crippen molar-refractivity contribution in [2.75, 3.05) is 0 Å². The predicted octanol–water partition coefficient (Wildman–Crippen LogP) is 24.6. The Morgan fingerprint density at radius 3 is 0.750 bits per heavy atom. The fourth-order valence-electron chi connectivity index (χ4n) is 14.7. The van der Waals surface area contributed by atoms with Crippen LogP contribution in [0.15, 0.2) is 340 Å². The van der Waals surface area contributed by atoms with Crippen molar-refractivity contribution in [1.29, 1.82) is 0 Å². The fourth-order valence-corrected chi connectivity index (χ4v) is 14.7. The Labute approximate surface area is 513 Å². The Kier molecular flexibility index (Phi) is 12.3. The van der Waals surface area contributed by atoms with Crippen molar-refractivity contribution in [3.05, 3.63) is 340 Å². The van der Waals surface area contributed by atoms with Crippen molar-refractivity contribution in [3.63, 3.8) is 0 Å². The summed E-state index contributed by atoms with van der Waals surface area (Å²) in [6, 6.07) is 127. The van der Waals surface area contributed by atoms with Gasteiger partial charge in [-0.2, -0.15) is 0 Å². The molecule has 408 valence electrons. The van der Waals surface area contributed by atoms with E-state index in [-0.39, 0.29) is 0 Å². The van der Waals surface area contributed by atoms with E-state index in [4.69, 9.17) is 0 Å². The van der Waals surface area contributed by atoms with Crippen molar-refractivity contribution in [3.8, 4) is 134 Å². The smallest absolute Gasteiger partial charge is 0.000116 e. The highest BCUT2D eigenvalue weighted by Gasteiger charge is 2.36. The molecule has 88 heavy (non-hydrogen) atoms. The van der Waals surface area contributed by atoms with Crippen LogP contribution in [0.3, 0.4) is 0 Å². The van der Waals surface area contributed by atoms with Crippen LogP contribution in [0, 0.1) is 0 Å². The molecule has 16 aromatic carbocycles. The van der Waals surface area contributed by atoms with Crippen LogP contribution in [0.25, 0.3) is 177 Å². The Balaban J connectivity index is 1.17. The maximum atomic E-state index is 2.60. The minimum atomic E-state index is 1.16. The highest BCUT2D eigenvalue weighted by atomic mass is 14.4. The van der Waals surface area contributed by atoms with Gasteiger partial charge in [-0.15, -0.1) is 0 Å². The SMILES string of the molecule is c1ccc(-c2cc3c4c(cc5c(-c6ccccc6)c(-c6ccccc6)c(-c6ccccc6)cc5c4c2)-c2c-3c(-c3ccccc3)c3c(-c4ccccc4)c4cc(-c5ccccc5)c(-c5ccccc5)cc4c(-c4ccccc4)c3c2-c2ccccc2)cc1. The summed E-state index contributed by atoms with van der Waals surface area (Å²) in [6.45, 7) is 0. The van der Waals surface area contributed by atoms with Gasteiger partial charge in [-0.05, 0) is 213 Å². The lowest BCUT2D eigenvalue weighted by Gasteiger charge is -2.27. The van der Waals surface area contributed by atoms with Crippen molar-refractivity contribution in [1.82, 2.24) is 0 Å². The van der Waals surface area contributed by atoms with Crippen LogP contribution in [-0.2, 0) is 0 Å². The first-order valence-corrected chi connectivity index (χ1v) is 30.6. The van der Waals surface area contributed by atoms with E-state index < -0.39 is 0 Å². The molecular weight excluding hydrogens is 1060 g/mol. The van der Waals surface area contributed by atoms with Gasteiger partial charge in [-0.25, -0.2) is 0 Å². The number of hydrogen-bond acceptors (Lipinski definition) is 0. The van der Waals surface area contributed by atoms with E-state index in [9.17, 15) is 0 Å². The molecule has 0 heteroatoms. The largest absolute Gasteiger partial charge is 0.0622 e. The van der Waals surface area contributed by atoms with Crippen molar-refractivity contribution >= 4 is 43.1 Å². The van der Waals surface area contributed by atoms with E-state index in [1.165, 1.54) is 171 Å². The quantitative estimate of drug-likeness (QED) is 0.0946. The minimum absolute atomic E-state index is 1.16. The monoisotopic (exact) mass is 1110 g/mol. The first kappa shape index (κ1) is 51.0. The summed E-state index contributed by atoms with van der Waals surface area (Å²) in [5, 5.41) is 9.78. The van der Waals surface area contributed by atoms with Crippen LogP contribution >= 0.6 is 0 Å². The van der Waals surface area contributed by atoms with Crippen LogP contribution in [0.1, 0.15) is 0 Å². The lowest BCUT2D eigenvalue weighted by atomic mass is 9.75. The molecule has 0 N–H and O–H groups in total. The number of hydrogen-bond donors (Lipinski definition) is 0. The molecule has 0 atom stereocenters. The predicted molar refractivity (Wildman–Crippen MR) is 375 cm³/mol. The topological polar surface area (TPSA) is 0 Å². The molecule has 0 saturated heterocycles. The number of fused-ring (bicyclic) bond motifs is 7. The molecule has 1 aliphatic carbocycles. The van der Waals surface area contributed by atoms with Crippen LogP contribution in [-0.4, -0.2) is 0 Å². The summed E-state index contributed by atoms with van der Waals surface area (Å²) in [4.78, 5) is 0. The second-order valence-electron chi connectivity index (χ2n) is 23.2. The normalized spacial score (nSPS) is 11.6. The fraction of sp³-hybridized carbons (Fsp3) is 0. The zero-order valence-electron chi connectivity index (χ0n) is 48.3. The summed E-state index contributed by atoms with van der Waals surface area (Å²) < 4.78 is 0. The van der Waals surface area contributed by atoms with Crippen molar-refractivity contribution in [2.45, 2.75) is 0 Å². The van der Waals surface area contributed by atoms with Gasteiger partial charge in [0.1, 0.15) is 0 Å². The summed E-state index contributed by atoms with van der Waals surface area (Å²) in [7, 11) is 0. The highest BCUT2D eigenvalue weighted by Crippen LogP contribution is 2.64. The van der Waals surface area contributed by atoms with Crippen LogP contribution in [0.2, 0.25) is 0 Å². The Morgan fingerprint density at radius 2 is 0.375 bits per heavy atom. The molecule has 0 heterocycles. The molecule has 0 unspecified atom stereocenters. The lowest BCUT2D eigenvalue weighted by Crippen LogP contribution is -2.00. The minimum Gasteiger partial charge on any atom is -0.0622 e.